The van der Waals surface area contributed by atoms with Gasteiger partial charge in [-0.15, -0.1) is 0 Å². The zero-order valence-corrected chi connectivity index (χ0v) is 19.6. The second kappa shape index (κ2) is 10.7. The molecule has 3 amide bonds. The molecule has 4 rings (SSSR count). The summed E-state index contributed by atoms with van der Waals surface area (Å²) in [7, 11) is 0. The van der Waals surface area contributed by atoms with E-state index in [1.54, 1.807) is 54.3 Å². The fraction of sp³-hybridized carbons (Fsp3) is 0.222. The molecule has 35 heavy (non-hydrogen) atoms. The van der Waals surface area contributed by atoms with E-state index in [4.69, 9.17) is 9.47 Å². The molecule has 1 aliphatic rings. The maximum atomic E-state index is 12.7. The normalized spacial score (nSPS) is 14.5. The maximum absolute atomic E-state index is 12.7. The molecule has 3 aromatic rings. The first-order valence-electron chi connectivity index (χ1n) is 11.4. The molecule has 0 radical (unpaired) electrons. The van der Waals surface area contributed by atoms with E-state index in [1.807, 2.05) is 37.3 Å². The van der Waals surface area contributed by atoms with Crippen LogP contribution in [0.4, 0.5) is 11.4 Å². The van der Waals surface area contributed by atoms with Crippen LogP contribution in [0.2, 0.25) is 0 Å². The molecule has 1 atom stereocenters. The van der Waals surface area contributed by atoms with Crippen molar-refractivity contribution < 1.29 is 23.9 Å². The van der Waals surface area contributed by atoms with Gasteiger partial charge in [0.2, 0.25) is 5.91 Å². The van der Waals surface area contributed by atoms with E-state index in [-0.39, 0.29) is 24.3 Å². The molecule has 1 heterocycles. The van der Waals surface area contributed by atoms with Crippen LogP contribution in [0.25, 0.3) is 0 Å². The lowest BCUT2D eigenvalue weighted by atomic mass is 10.1. The van der Waals surface area contributed by atoms with Crippen LogP contribution in [0.5, 0.6) is 11.5 Å². The van der Waals surface area contributed by atoms with Crippen LogP contribution in [-0.4, -0.2) is 43.5 Å². The van der Waals surface area contributed by atoms with Crippen molar-refractivity contribution in [1.29, 1.82) is 0 Å². The van der Waals surface area contributed by atoms with Crippen molar-refractivity contribution in [3.05, 3.63) is 83.9 Å². The summed E-state index contributed by atoms with van der Waals surface area (Å²) in [5, 5.41) is 5.34. The van der Waals surface area contributed by atoms with E-state index < -0.39 is 6.10 Å². The van der Waals surface area contributed by atoms with E-state index in [1.165, 1.54) is 0 Å². The Bertz CT molecular complexity index is 1210. The molecule has 0 saturated heterocycles. The van der Waals surface area contributed by atoms with Crippen molar-refractivity contribution in [2.75, 3.05) is 29.9 Å². The Balaban J connectivity index is 1.36. The first-order valence-corrected chi connectivity index (χ1v) is 11.4. The van der Waals surface area contributed by atoms with Crippen LogP contribution in [0, 0.1) is 6.92 Å². The van der Waals surface area contributed by atoms with Crippen molar-refractivity contribution in [3.63, 3.8) is 0 Å². The summed E-state index contributed by atoms with van der Waals surface area (Å²) in [5.74, 6) is 0.355. The van der Waals surface area contributed by atoms with Crippen LogP contribution in [0.1, 0.15) is 22.8 Å². The van der Waals surface area contributed by atoms with Crippen molar-refractivity contribution >= 4 is 29.1 Å². The maximum Gasteiger partial charge on any atom is 0.267 e. The summed E-state index contributed by atoms with van der Waals surface area (Å²) in [6.07, 6.45) is -0.669. The molecule has 8 nitrogen and oxygen atoms in total. The standard InChI is InChI=1S/C27H27N3O5/c1-18-8-11-22(12-9-18)34-15-14-30-23-13-10-21(16-24(23)35-19(2)27(30)33)29-25(31)17-28-26(32)20-6-4-3-5-7-20/h3-13,16,19H,14-15,17H2,1-2H3,(H,28,32)(H,29,31). The van der Waals surface area contributed by atoms with Crippen LogP contribution in [-0.2, 0) is 9.59 Å². The Kier molecular flexibility index (Phi) is 7.30. The van der Waals surface area contributed by atoms with Gasteiger partial charge in [0.1, 0.15) is 18.1 Å². The van der Waals surface area contributed by atoms with Gasteiger partial charge in [-0.25, -0.2) is 0 Å². The predicted molar refractivity (Wildman–Crippen MR) is 133 cm³/mol. The Morgan fingerprint density at radius 3 is 2.51 bits per heavy atom. The largest absolute Gasteiger partial charge is 0.492 e. The van der Waals surface area contributed by atoms with Crippen molar-refractivity contribution in [1.82, 2.24) is 5.32 Å². The summed E-state index contributed by atoms with van der Waals surface area (Å²) in [5.41, 5.74) is 2.73. The molecule has 1 unspecified atom stereocenters. The highest BCUT2D eigenvalue weighted by Gasteiger charge is 2.31. The zero-order valence-electron chi connectivity index (χ0n) is 19.6. The molecule has 1 aliphatic heterocycles. The predicted octanol–water partition coefficient (Wildman–Crippen LogP) is 3.56. The van der Waals surface area contributed by atoms with Gasteiger partial charge in [-0.05, 0) is 50.2 Å². The molecule has 180 valence electrons. The van der Waals surface area contributed by atoms with Gasteiger partial charge in [0.25, 0.3) is 11.8 Å². The van der Waals surface area contributed by atoms with Crippen molar-refractivity contribution in [2.45, 2.75) is 20.0 Å². The minimum absolute atomic E-state index is 0.162. The topological polar surface area (TPSA) is 97.0 Å². The van der Waals surface area contributed by atoms with Crippen LogP contribution in [0.15, 0.2) is 72.8 Å². The highest BCUT2D eigenvalue weighted by Crippen LogP contribution is 2.36. The quantitative estimate of drug-likeness (QED) is 0.522. The Hall–Kier alpha value is -4.33. The first kappa shape index (κ1) is 23.8. The highest BCUT2D eigenvalue weighted by atomic mass is 16.5. The van der Waals surface area contributed by atoms with Crippen molar-refractivity contribution in [2.24, 2.45) is 0 Å². The number of nitrogens with one attached hydrogen (secondary N) is 2. The summed E-state index contributed by atoms with van der Waals surface area (Å²) < 4.78 is 11.6. The number of aryl methyl sites for hydroxylation is 1. The SMILES string of the molecule is Cc1ccc(OCCN2C(=O)C(C)Oc3cc(NC(=O)CNC(=O)c4ccccc4)ccc32)cc1. The summed E-state index contributed by atoms with van der Waals surface area (Å²) in [6, 6.07) is 21.5. The smallest absolute Gasteiger partial charge is 0.267 e. The lowest BCUT2D eigenvalue weighted by Gasteiger charge is -2.33. The molecule has 0 aromatic heterocycles. The first-order chi connectivity index (χ1) is 16.9. The summed E-state index contributed by atoms with van der Waals surface area (Å²) in [6.45, 7) is 4.18. The fourth-order valence-corrected chi connectivity index (χ4v) is 3.67. The number of fused-ring (bicyclic) bond motifs is 1. The van der Waals surface area contributed by atoms with Gasteiger partial charge >= 0.3 is 0 Å². The summed E-state index contributed by atoms with van der Waals surface area (Å²) >= 11 is 0. The number of carbonyl (C=O) groups excluding carboxylic acids is 3. The molecule has 0 aliphatic carbocycles. The van der Waals surface area contributed by atoms with Gasteiger partial charge in [-0.2, -0.15) is 0 Å². The number of carbonyl (C=O) groups is 3. The van der Waals surface area contributed by atoms with Gasteiger partial charge in [0, 0.05) is 17.3 Å². The minimum Gasteiger partial charge on any atom is -0.492 e. The number of nitrogens with zero attached hydrogens (tertiary/aromatic N) is 1. The Morgan fingerprint density at radius 2 is 1.77 bits per heavy atom. The Labute approximate surface area is 203 Å². The zero-order chi connectivity index (χ0) is 24.8. The molecule has 0 fully saturated rings. The van der Waals surface area contributed by atoms with E-state index >= 15 is 0 Å². The Morgan fingerprint density at radius 1 is 1.03 bits per heavy atom. The lowest BCUT2D eigenvalue weighted by molar-refractivity contribution is -0.125. The van der Waals surface area contributed by atoms with E-state index in [9.17, 15) is 14.4 Å². The number of amides is 3. The number of ether oxygens (including phenoxy) is 2. The van der Waals surface area contributed by atoms with E-state index in [2.05, 4.69) is 10.6 Å². The van der Waals surface area contributed by atoms with Gasteiger partial charge < -0.3 is 25.0 Å². The third-order valence-corrected chi connectivity index (χ3v) is 5.50. The number of benzene rings is 3. The molecule has 2 N–H and O–H groups in total. The number of anilines is 2. The van der Waals surface area contributed by atoms with Gasteiger partial charge in [-0.3, -0.25) is 14.4 Å². The molecular weight excluding hydrogens is 446 g/mol. The molecule has 0 bridgehead atoms. The van der Waals surface area contributed by atoms with Crippen molar-refractivity contribution in [3.8, 4) is 11.5 Å². The number of hydrogen-bond acceptors (Lipinski definition) is 5. The third-order valence-electron chi connectivity index (χ3n) is 5.50. The number of rotatable bonds is 8. The second-order valence-corrected chi connectivity index (χ2v) is 8.19. The lowest BCUT2D eigenvalue weighted by Crippen LogP contribution is -2.46. The number of hydrogen-bond donors (Lipinski definition) is 2. The van der Waals surface area contributed by atoms with Gasteiger partial charge in [0.15, 0.2) is 6.10 Å². The third kappa shape index (κ3) is 5.97. The van der Waals surface area contributed by atoms with Crippen LogP contribution in [0.3, 0.4) is 0 Å². The van der Waals surface area contributed by atoms with Gasteiger partial charge in [0.05, 0.1) is 18.8 Å². The minimum atomic E-state index is -0.669. The highest BCUT2D eigenvalue weighted by molar-refractivity contribution is 6.01. The molecule has 0 saturated carbocycles. The summed E-state index contributed by atoms with van der Waals surface area (Å²) in [4.78, 5) is 38.8. The second-order valence-electron chi connectivity index (χ2n) is 8.19. The van der Waals surface area contributed by atoms with Crippen LogP contribution < -0.4 is 25.0 Å². The molecule has 0 spiro atoms. The van der Waals surface area contributed by atoms with E-state index in [0.29, 0.717) is 35.8 Å². The average Bonchev–Trinajstić information content (AvgIpc) is 2.86. The van der Waals surface area contributed by atoms with Gasteiger partial charge in [-0.1, -0.05) is 35.9 Å². The monoisotopic (exact) mass is 473 g/mol. The van der Waals surface area contributed by atoms with Crippen LogP contribution >= 0.6 is 0 Å². The fourth-order valence-electron chi connectivity index (χ4n) is 3.67. The average molecular weight is 474 g/mol. The molecular formula is C27H27N3O5. The molecule has 3 aromatic carbocycles. The van der Waals surface area contributed by atoms with E-state index in [0.717, 1.165) is 11.3 Å². The molecule has 8 heteroatoms.